The Labute approximate surface area is 112 Å². The second kappa shape index (κ2) is 8.34. The normalized spacial score (nSPS) is 10.8. The molecule has 0 saturated carbocycles. The van der Waals surface area contributed by atoms with E-state index in [2.05, 4.69) is 10.6 Å². The Hall–Kier alpha value is -1.79. The standard InChI is InChI=1S/C12H23N3O4/c1-12(2,7-6-10(17)18)15-9(16)5-3-4-8-14-11(13)19/h3-8H2,1-2H3,(H,15,16)(H,17,18)(H3,13,14,19). The van der Waals surface area contributed by atoms with Crippen LogP contribution in [0.3, 0.4) is 0 Å². The van der Waals surface area contributed by atoms with Gasteiger partial charge in [0.05, 0.1) is 0 Å². The number of amides is 3. The number of urea groups is 1. The molecule has 0 spiro atoms. The summed E-state index contributed by atoms with van der Waals surface area (Å²) < 4.78 is 0. The van der Waals surface area contributed by atoms with Crippen molar-refractivity contribution in [1.29, 1.82) is 0 Å². The monoisotopic (exact) mass is 273 g/mol. The molecule has 0 aliphatic carbocycles. The number of aliphatic carboxylic acids is 1. The lowest BCUT2D eigenvalue weighted by molar-refractivity contribution is -0.137. The molecule has 0 rings (SSSR count). The molecule has 0 unspecified atom stereocenters. The minimum atomic E-state index is -0.875. The zero-order chi connectivity index (χ0) is 14.9. The van der Waals surface area contributed by atoms with Gasteiger partial charge in [-0.05, 0) is 33.1 Å². The summed E-state index contributed by atoms with van der Waals surface area (Å²) in [6.07, 6.45) is 2.07. The first-order valence-electron chi connectivity index (χ1n) is 6.29. The summed E-state index contributed by atoms with van der Waals surface area (Å²) in [5.41, 5.74) is 4.37. The van der Waals surface area contributed by atoms with Gasteiger partial charge in [-0.3, -0.25) is 9.59 Å². The highest BCUT2D eigenvalue weighted by molar-refractivity contribution is 5.76. The summed E-state index contributed by atoms with van der Waals surface area (Å²) in [6, 6.07) is -0.570. The first kappa shape index (κ1) is 17.2. The van der Waals surface area contributed by atoms with Crippen LogP contribution in [0.2, 0.25) is 0 Å². The number of carbonyl (C=O) groups is 3. The van der Waals surface area contributed by atoms with Gasteiger partial charge < -0.3 is 21.5 Å². The zero-order valence-corrected chi connectivity index (χ0v) is 11.5. The van der Waals surface area contributed by atoms with E-state index in [1.165, 1.54) is 0 Å². The van der Waals surface area contributed by atoms with Gasteiger partial charge >= 0.3 is 12.0 Å². The highest BCUT2D eigenvalue weighted by atomic mass is 16.4. The SMILES string of the molecule is CC(C)(CCC(=O)O)NC(=O)CCCCNC(N)=O. The number of rotatable bonds is 9. The molecule has 19 heavy (non-hydrogen) atoms. The van der Waals surface area contributed by atoms with Gasteiger partial charge in [0.1, 0.15) is 0 Å². The number of carboxylic acids is 1. The van der Waals surface area contributed by atoms with Crippen molar-refractivity contribution in [1.82, 2.24) is 10.6 Å². The van der Waals surface area contributed by atoms with Crippen LogP contribution in [0.4, 0.5) is 4.79 Å². The fraction of sp³-hybridized carbons (Fsp3) is 0.750. The Morgan fingerprint density at radius 2 is 1.79 bits per heavy atom. The van der Waals surface area contributed by atoms with Gasteiger partial charge in [-0.1, -0.05) is 0 Å². The van der Waals surface area contributed by atoms with Crippen LogP contribution in [0.5, 0.6) is 0 Å². The predicted molar refractivity (Wildman–Crippen MR) is 70.5 cm³/mol. The third kappa shape index (κ3) is 11.1. The van der Waals surface area contributed by atoms with Gasteiger partial charge in [-0.15, -0.1) is 0 Å². The van der Waals surface area contributed by atoms with Gasteiger partial charge in [0.15, 0.2) is 0 Å². The van der Waals surface area contributed by atoms with E-state index in [4.69, 9.17) is 10.8 Å². The van der Waals surface area contributed by atoms with Crippen molar-refractivity contribution in [3.63, 3.8) is 0 Å². The molecule has 0 aromatic heterocycles. The number of hydrogen-bond acceptors (Lipinski definition) is 3. The fourth-order valence-corrected chi connectivity index (χ4v) is 1.54. The van der Waals surface area contributed by atoms with Gasteiger partial charge in [0.2, 0.25) is 5.91 Å². The fourth-order valence-electron chi connectivity index (χ4n) is 1.54. The van der Waals surface area contributed by atoms with Crippen LogP contribution < -0.4 is 16.4 Å². The Kier molecular flexibility index (Phi) is 7.55. The van der Waals surface area contributed by atoms with Crippen molar-refractivity contribution >= 4 is 17.9 Å². The molecule has 0 saturated heterocycles. The lowest BCUT2D eigenvalue weighted by Crippen LogP contribution is -2.43. The van der Waals surface area contributed by atoms with Gasteiger partial charge in [0.25, 0.3) is 0 Å². The van der Waals surface area contributed by atoms with Crippen LogP contribution in [0.15, 0.2) is 0 Å². The zero-order valence-electron chi connectivity index (χ0n) is 11.5. The molecule has 0 aromatic carbocycles. The Morgan fingerprint density at radius 1 is 1.16 bits per heavy atom. The molecule has 0 aliphatic rings. The molecule has 0 radical (unpaired) electrons. The molecule has 0 heterocycles. The molecule has 0 fully saturated rings. The van der Waals surface area contributed by atoms with Crippen LogP contribution in [-0.2, 0) is 9.59 Å². The second-order valence-electron chi connectivity index (χ2n) is 5.07. The number of carbonyl (C=O) groups excluding carboxylic acids is 2. The van der Waals surface area contributed by atoms with Crippen LogP contribution >= 0.6 is 0 Å². The van der Waals surface area contributed by atoms with E-state index in [-0.39, 0.29) is 12.3 Å². The number of primary amides is 1. The van der Waals surface area contributed by atoms with Crippen molar-refractivity contribution in [3.8, 4) is 0 Å². The van der Waals surface area contributed by atoms with E-state index in [9.17, 15) is 14.4 Å². The van der Waals surface area contributed by atoms with E-state index in [1.807, 2.05) is 0 Å². The summed E-state index contributed by atoms with van der Waals surface area (Å²) in [5.74, 6) is -0.991. The molecule has 0 aromatic rings. The highest BCUT2D eigenvalue weighted by Gasteiger charge is 2.20. The molecule has 7 nitrogen and oxygen atoms in total. The van der Waals surface area contributed by atoms with Crippen LogP contribution in [0.25, 0.3) is 0 Å². The number of unbranched alkanes of at least 4 members (excludes halogenated alkanes) is 1. The van der Waals surface area contributed by atoms with E-state index in [0.29, 0.717) is 32.2 Å². The molecular formula is C12H23N3O4. The van der Waals surface area contributed by atoms with E-state index in [1.54, 1.807) is 13.8 Å². The van der Waals surface area contributed by atoms with E-state index >= 15 is 0 Å². The van der Waals surface area contributed by atoms with Gasteiger partial charge in [0, 0.05) is 24.9 Å². The third-order valence-electron chi connectivity index (χ3n) is 2.57. The number of carboxylic acid groups (broad SMARTS) is 1. The Bertz CT molecular complexity index is 329. The summed E-state index contributed by atoms with van der Waals surface area (Å²) in [4.78, 5) is 32.5. The molecule has 110 valence electrons. The summed E-state index contributed by atoms with van der Waals surface area (Å²) in [7, 11) is 0. The maximum Gasteiger partial charge on any atom is 0.312 e. The number of hydrogen-bond donors (Lipinski definition) is 4. The molecule has 7 heteroatoms. The smallest absolute Gasteiger partial charge is 0.312 e. The van der Waals surface area contributed by atoms with Crippen molar-refractivity contribution in [2.75, 3.05) is 6.54 Å². The first-order valence-corrected chi connectivity index (χ1v) is 6.29. The Morgan fingerprint density at radius 3 is 2.32 bits per heavy atom. The van der Waals surface area contributed by atoms with Crippen molar-refractivity contribution in [3.05, 3.63) is 0 Å². The second-order valence-corrected chi connectivity index (χ2v) is 5.07. The third-order valence-corrected chi connectivity index (χ3v) is 2.57. The van der Waals surface area contributed by atoms with Crippen molar-refractivity contribution in [2.24, 2.45) is 5.73 Å². The highest BCUT2D eigenvalue weighted by Crippen LogP contribution is 2.11. The molecular weight excluding hydrogens is 250 g/mol. The average molecular weight is 273 g/mol. The van der Waals surface area contributed by atoms with Crippen LogP contribution in [0.1, 0.15) is 46.0 Å². The maximum atomic E-state index is 11.6. The summed E-state index contributed by atoms with van der Waals surface area (Å²) >= 11 is 0. The molecule has 5 N–H and O–H groups in total. The first-order chi connectivity index (χ1) is 8.73. The quantitative estimate of drug-likeness (QED) is 0.459. The summed E-state index contributed by atoms with van der Waals surface area (Å²) in [5, 5.41) is 13.8. The lowest BCUT2D eigenvalue weighted by Gasteiger charge is -2.25. The largest absolute Gasteiger partial charge is 0.481 e. The van der Waals surface area contributed by atoms with Crippen molar-refractivity contribution in [2.45, 2.75) is 51.5 Å². The predicted octanol–water partition coefficient (Wildman–Crippen LogP) is 0.585. The topological polar surface area (TPSA) is 122 Å². The molecule has 0 atom stereocenters. The Balaban J connectivity index is 3.77. The molecule has 0 aliphatic heterocycles. The van der Waals surface area contributed by atoms with Gasteiger partial charge in [-0.25, -0.2) is 4.79 Å². The van der Waals surface area contributed by atoms with Crippen LogP contribution in [0, 0.1) is 0 Å². The molecule has 3 amide bonds. The lowest BCUT2D eigenvalue weighted by atomic mass is 9.98. The van der Waals surface area contributed by atoms with Crippen molar-refractivity contribution < 1.29 is 19.5 Å². The summed E-state index contributed by atoms with van der Waals surface area (Å²) in [6.45, 7) is 4.04. The van der Waals surface area contributed by atoms with Crippen LogP contribution in [-0.4, -0.2) is 35.1 Å². The number of nitrogens with two attached hydrogens (primary N) is 1. The minimum absolute atomic E-state index is 0.0236. The maximum absolute atomic E-state index is 11.6. The molecule has 0 bridgehead atoms. The number of nitrogens with one attached hydrogen (secondary N) is 2. The van der Waals surface area contributed by atoms with Gasteiger partial charge in [-0.2, -0.15) is 0 Å². The minimum Gasteiger partial charge on any atom is -0.481 e. The van der Waals surface area contributed by atoms with E-state index < -0.39 is 17.5 Å². The average Bonchev–Trinajstić information content (AvgIpc) is 2.25. The van der Waals surface area contributed by atoms with E-state index in [0.717, 1.165) is 0 Å².